The van der Waals surface area contributed by atoms with Crippen LogP contribution in [0.3, 0.4) is 0 Å². The number of carbonyl (C=O) groups is 4. The van der Waals surface area contributed by atoms with Gasteiger partial charge in [-0.05, 0) is 30.2 Å². The fraction of sp³-hybridized carbons (Fsp3) is 0.391. The number of nitrogens with zero attached hydrogens (tertiary/aromatic N) is 3. The minimum Gasteiger partial charge on any atom is -0.508 e. The topological polar surface area (TPSA) is 207 Å². The van der Waals surface area contributed by atoms with Gasteiger partial charge in [-0.2, -0.15) is 0 Å². The van der Waals surface area contributed by atoms with E-state index in [-0.39, 0.29) is 48.1 Å². The summed E-state index contributed by atoms with van der Waals surface area (Å²) in [6.45, 7) is 1.56. The van der Waals surface area contributed by atoms with Gasteiger partial charge < -0.3 is 35.2 Å². The number of fused-ring (bicyclic) bond motifs is 1. The average molecular weight is 580 g/mol. The van der Waals surface area contributed by atoms with E-state index in [4.69, 9.17) is 19.6 Å². The number of thioether (sulfide) groups is 2. The lowest BCUT2D eigenvalue weighted by Crippen LogP contribution is -2.71. The Balaban J connectivity index is 1.34. The minimum absolute atomic E-state index is 0.0244. The maximum Gasteiger partial charge on any atom is 0.352 e. The highest BCUT2D eigenvalue weighted by Crippen LogP contribution is 2.41. The van der Waals surface area contributed by atoms with E-state index in [0.717, 1.165) is 16.7 Å². The number of aromatic nitrogens is 2. The quantitative estimate of drug-likeness (QED) is 0.152. The van der Waals surface area contributed by atoms with Gasteiger partial charge >= 0.3 is 11.9 Å². The summed E-state index contributed by atoms with van der Waals surface area (Å²) in [6.07, 6.45) is 0. The van der Waals surface area contributed by atoms with Gasteiger partial charge in [0.25, 0.3) is 11.1 Å². The van der Waals surface area contributed by atoms with E-state index in [0.29, 0.717) is 16.9 Å². The zero-order valence-electron chi connectivity index (χ0n) is 20.6. The summed E-state index contributed by atoms with van der Waals surface area (Å²) in [5.41, 5.74) is 6.77. The number of ether oxygens (including phenoxy) is 2. The van der Waals surface area contributed by atoms with Crippen LogP contribution in [-0.4, -0.2) is 85.2 Å². The Labute approximate surface area is 230 Å². The van der Waals surface area contributed by atoms with Crippen LogP contribution in [0.25, 0.3) is 0 Å². The third-order valence-electron chi connectivity index (χ3n) is 5.65. The molecule has 16 heteroatoms. The fourth-order valence-corrected chi connectivity index (χ4v) is 6.06. The van der Waals surface area contributed by atoms with E-state index in [1.54, 1.807) is 6.92 Å². The molecule has 3 heterocycles. The van der Waals surface area contributed by atoms with Crippen molar-refractivity contribution >= 4 is 47.3 Å². The SMILES string of the molecule is CCOC(=O)COCc1nnc(SCC2=C(C(=O)O)N3C(=O)C(NC(=O)[C@H](N)c4ccc(O)cc4)[C@H]3SC2)o1. The molecule has 1 aromatic carbocycles. The predicted molar refractivity (Wildman–Crippen MR) is 136 cm³/mol. The second-order valence-electron chi connectivity index (χ2n) is 8.27. The van der Waals surface area contributed by atoms with Crippen LogP contribution in [0.4, 0.5) is 0 Å². The largest absolute Gasteiger partial charge is 0.508 e. The van der Waals surface area contributed by atoms with E-state index in [1.807, 2.05) is 0 Å². The number of amides is 2. The van der Waals surface area contributed by atoms with Gasteiger partial charge in [0.2, 0.25) is 11.8 Å². The molecule has 1 fully saturated rings. The number of phenolic OH excluding ortho intramolecular Hbond substituents is 1. The number of β-lactam (4-membered cyclic amide) rings is 1. The second kappa shape index (κ2) is 12.5. The van der Waals surface area contributed by atoms with Gasteiger partial charge in [-0.25, -0.2) is 9.59 Å². The lowest BCUT2D eigenvalue weighted by Gasteiger charge is -2.49. The van der Waals surface area contributed by atoms with Crippen molar-refractivity contribution in [3.8, 4) is 5.75 Å². The van der Waals surface area contributed by atoms with E-state index in [2.05, 4.69) is 15.5 Å². The van der Waals surface area contributed by atoms with Gasteiger partial charge in [-0.15, -0.1) is 22.0 Å². The van der Waals surface area contributed by atoms with Gasteiger partial charge in [0.1, 0.15) is 42.1 Å². The number of carboxylic acids is 1. The molecule has 0 saturated carbocycles. The lowest BCUT2D eigenvalue weighted by molar-refractivity contribution is -0.150. The Kier molecular flexibility index (Phi) is 9.11. The minimum atomic E-state index is -1.27. The second-order valence-corrected chi connectivity index (χ2v) is 10.3. The number of benzene rings is 1. The summed E-state index contributed by atoms with van der Waals surface area (Å²) in [4.78, 5) is 50.1. The zero-order valence-corrected chi connectivity index (χ0v) is 22.2. The first-order valence-electron chi connectivity index (χ1n) is 11.6. The predicted octanol–water partition coefficient (Wildman–Crippen LogP) is 0.386. The zero-order chi connectivity index (χ0) is 28.1. The van der Waals surface area contributed by atoms with Crippen LogP contribution >= 0.6 is 23.5 Å². The van der Waals surface area contributed by atoms with Crippen LogP contribution in [0, 0.1) is 0 Å². The molecule has 2 aromatic rings. The summed E-state index contributed by atoms with van der Waals surface area (Å²) in [5, 5.41) is 29.1. The number of hydrogen-bond donors (Lipinski definition) is 4. The van der Waals surface area contributed by atoms with Crippen molar-refractivity contribution in [2.45, 2.75) is 36.2 Å². The molecule has 2 amide bonds. The molecule has 0 radical (unpaired) electrons. The highest BCUT2D eigenvalue weighted by Gasteiger charge is 2.54. The molecule has 4 rings (SSSR count). The van der Waals surface area contributed by atoms with E-state index >= 15 is 0 Å². The number of phenols is 1. The van der Waals surface area contributed by atoms with Gasteiger partial charge in [0.05, 0.1) is 6.61 Å². The van der Waals surface area contributed by atoms with Crippen molar-refractivity contribution in [3.05, 3.63) is 47.0 Å². The normalized spacial score (nSPS) is 19.2. The first kappa shape index (κ1) is 28.4. The standard InChI is InChI=1S/C23H25N5O9S2/c1-2-36-15(30)8-35-7-14-26-27-23(37-14)39-10-12-9-38-21-17(20(32)28(21)18(12)22(33)34)25-19(31)16(24)11-3-5-13(29)6-4-11/h3-6,16-17,21,29H,2,7-10,24H2,1H3,(H,25,31)(H,33,34)/t16-,17?,21-/m1/s1. The van der Waals surface area contributed by atoms with Gasteiger partial charge in [-0.3, -0.25) is 14.5 Å². The molecular weight excluding hydrogens is 554 g/mol. The number of rotatable bonds is 12. The molecule has 1 unspecified atom stereocenters. The molecule has 1 saturated heterocycles. The van der Waals surface area contributed by atoms with Crippen LogP contribution < -0.4 is 11.1 Å². The molecule has 208 valence electrons. The smallest absolute Gasteiger partial charge is 0.352 e. The highest BCUT2D eigenvalue weighted by atomic mass is 32.2. The molecule has 5 N–H and O–H groups in total. The first-order valence-corrected chi connectivity index (χ1v) is 13.7. The Morgan fingerprint density at radius 2 is 2.05 bits per heavy atom. The summed E-state index contributed by atoms with van der Waals surface area (Å²) in [6, 6.07) is 3.80. The van der Waals surface area contributed by atoms with Crippen LogP contribution in [0.2, 0.25) is 0 Å². The Morgan fingerprint density at radius 3 is 2.74 bits per heavy atom. The number of hydrogen-bond acceptors (Lipinski definition) is 13. The maximum atomic E-state index is 12.9. The van der Waals surface area contributed by atoms with Crippen molar-refractivity contribution in [2.24, 2.45) is 5.73 Å². The van der Waals surface area contributed by atoms with Gasteiger partial charge in [-0.1, -0.05) is 23.9 Å². The summed E-state index contributed by atoms with van der Waals surface area (Å²) in [5.74, 6) is -2.32. The van der Waals surface area contributed by atoms with Gasteiger partial charge in [0, 0.05) is 11.5 Å². The van der Waals surface area contributed by atoms with Crippen molar-refractivity contribution in [2.75, 3.05) is 24.7 Å². The molecule has 2 aliphatic heterocycles. The molecule has 2 aliphatic rings. The Bertz CT molecular complexity index is 1280. The van der Waals surface area contributed by atoms with Crippen LogP contribution in [0.15, 0.2) is 45.2 Å². The molecule has 0 aliphatic carbocycles. The molecule has 39 heavy (non-hydrogen) atoms. The summed E-state index contributed by atoms with van der Waals surface area (Å²) < 4.78 is 15.4. The third kappa shape index (κ3) is 6.52. The summed E-state index contributed by atoms with van der Waals surface area (Å²) >= 11 is 2.41. The van der Waals surface area contributed by atoms with E-state index < -0.39 is 41.2 Å². The fourth-order valence-electron chi connectivity index (χ4n) is 3.80. The van der Waals surface area contributed by atoms with E-state index in [1.165, 1.54) is 36.0 Å². The Hall–Kier alpha value is -3.60. The lowest BCUT2D eigenvalue weighted by atomic mass is 10.0. The van der Waals surface area contributed by atoms with Crippen LogP contribution in [0.5, 0.6) is 5.75 Å². The number of aliphatic carboxylic acids is 1. The molecule has 1 aromatic heterocycles. The molecule has 3 atom stereocenters. The third-order valence-corrected chi connectivity index (χ3v) is 7.90. The van der Waals surface area contributed by atoms with Gasteiger partial charge in [0.15, 0.2) is 0 Å². The number of nitrogens with two attached hydrogens (primary N) is 1. The number of nitrogens with one attached hydrogen (secondary N) is 1. The number of carbonyl (C=O) groups excluding carboxylic acids is 3. The first-order chi connectivity index (χ1) is 18.7. The van der Waals surface area contributed by atoms with Crippen LogP contribution in [-0.2, 0) is 35.3 Å². The molecular formula is C23H25N5O9S2. The molecule has 0 spiro atoms. The van der Waals surface area contributed by atoms with Crippen molar-refractivity contribution in [1.82, 2.24) is 20.4 Å². The van der Waals surface area contributed by atoms with Crippen LogP contribution in [0.1, 0.15) is 24.4 Å². The van der Waals surface area contributed by atoms with Crippen molar-refractivity contribution < 1.29 is 43.3 Å². The average Bonchev–Trinajstić information content (AvgIpc) is 3.37. The van der Waals surface area contributed by atoms with Crippen molar-refractivity contribution in [1.29, 1.82) is 0 Å². The van der Waals surface area contributed by atoms with E-state index in [9.17, 15) is 29.4 Å². The molecule has 0 bridgehead atoms. The highest BCUT2D eigenvalue weighted by molar-refractivity contribution is 8.01. The Morgan fingerprint density at radius 1 is 1.31 bits per heavy atom. The van der Waals surface area contributed by atoms with Crippen molar-refractivity contribution in [3.63, 3.8) is 0 Å². The summed E-state index contributed by atoms with van der Waals surface area (Å²) in [7, 11) is 0. The number of esters is 1. The number of carboxylic acid groups (broad SMARTS) is 1. The molecule has 14 nitrogen and oxygen atoms in total. The monoisotopic (exact) mass is 579 g/mol. The maximum absolute atomic E-state index is 12.9. The number of aromatic hydroxyl groups is 1.